The SMILES string of the molecule is OCc1c(Cc2ccc(-c3ccccc3-c3nn[nH]n3)cc2)ncn1Cl. The third-order valence-corrected chi connectivity index (χ3v) is 4.50. The Morgan fingerprint density at radius 2 is 1.81 bits per heavy atom. The van der Waals surface area contributed by atoms with Crippen molar-refractivity contribution in [2.24, 2.45) is 0 Å². The highest BCUT2D eigenvalue weighted by Crippen LogP contribution is 2.30. The summed E-state index contributed by atoms with van der Waals surface area (Å²) in [6, 6.07) is 16.1. The molecule has 4 rings (SSSR count). The minimum absolute atomic E-state index is 0.144. The molecule has 2 heterocycles. The van der Waals surface area contributed by atoms with Crippen molar-refractivity contribution in [3.63, 3.8) is 0 Å². The summed E-state index contributed by atoms with van der Waals surface area (Å²) in [5, 5.41) is 23.7. The number of rotatable bonds is 5. The third-order valence-electron chi connectivity index (χ3n) is 4.21. The summed E-state index contributed by atoms with van der Waals surface area (Å²) >= 11 is 5.96. The molecule has 2 N–H and O–H groups in total. The fourth-order valence-corrected chi connectivity index (χ4v) is 3.09. The van der Waals surface area contributed by atoms with Crippen LogP contribution in [0.5, 0.6) is 0 Å². The highest BCUT2D eigenvalue weighted by molar-refractivity contribution is 6.15. The molecule has 2 aromatic carbocycles. The van der Waals surface area contributed by atoms with Crippen molar-refractivity contribution >= 4 is 11.8 Å². The molecule has 0 amide bonds. The monoisotopic (exact) mass is 366 g/mol. The minimum atomic E-state index is -0.144. The lowest BCUT2D eigenvalue weighted by atomic mass is 9.97. The molecule has 26 heavy (non-hydrogen) atoms. The Hall–Kier alpha value is -3.03. The van der Waals surface area contributed by atoms with E-state index >= 15 is 0 Å². The van der Waals surface area contributed by atoms with Crippen molar-refractivity contribution < 1.29 is 5.11 Å². The van der Waals surface area contributed by atoms with Gasteiger partial charge in [0.15, 0.2) is 0 Å². The lowest BCUT2D eigenvalue weighted by Crippen LogP contribution is -1.97. The number of nitrogens with zero attached hydrogens (tertiary/aromatic N) is 5. The van der Waals surface area contributed by atoms with Crippen LogP contribution < -0.4 is 0 Å². The molecule has 4 aromatic rings. The molecule has 0 saturated carbocycles. The number of tetrazole rings is 1. The van der Waals surface area contributed by atoms with Gasteiger partial charge in [0.1, 0.15) is 6.33 Å². The van der Waals surface area contributed by atoms with Gasteiger partial charge < -0.3 is 5.11 Å². The van der Waals surface area contributed by atoms with Crippen molar-refractivity contribution in [3.05, 3.63) is 71.8 Å². The zero-order valence-electron chi connectivity index (χ0n) is 13.7. The van der Waals surface area contributed by atoms with Gasteiger partial charge >= 0.3 is 0 Å². The van der Waals surface area contributed by atoms with Crippen molar-refractivity contribution in [2.75, 3.05) is 0 Å². The van der Waals surface area contributed by atoms with Crippen LogP contribution in [0, 0.1) is 0 Å². The van der Waals surface area contributed by atoms with E-state index in [-0.39, 0.29) is 6.61 Å². The van der Waals surface area contributed by atoms with Crippen LogP contribution in [0.3, 0.4) is 0 Å². The van der Waals surface area contributed by atoms with Gasteiger partial charge in [0, 0.05) is 23.8 Å². The van der Waals surface area contributed by atoms with E-state index in [1.54, 1.807) is 0 Å². The zero-order valence-corrected chi connectivity index (χ0v) is 14.4. The summed E-state index contributed by atoms with van der Waals surface area (Å²) in [5.41, 5.74) is 5.45. The number of imidazole rings is 1. The highest BCUT2D eigenvalue weighted by Gasteiger charge is 2.12. The van der Waals surface area contributed by atoms with E-state index in [2.05, 4.69) is 25.6 Å². The zero-order chi connectivity index (χ0) is 17.9. The van der Waals surface area contributed by atoms with Crippen LogP contribution in [0.4, 0.5) is 0 Å². The first-order chi connectivity index (χ1) is 12.8. The average molecular weight is 367 g/mol. The summed E-state index contributed by atoms with van der Waals surface area (Å²) in [4.78, 5) is 4.25. The predicted octanol–water partition coefficient (Wildman–Crippen LogP) is 2.82. The lowest BCUT2D eigenvalue weighted by Gasteiger charge is -2.08. The van der Waals surface area contributed by atoms with Gasteiger partial charge in [0.25, 0.3) is 0 Å². The smallest absolute Gasteiger partial charge is 0.205 e. The number of hydrogen-bond donors (Lipinski definition) is 2. The largest absolute Gasteiger partial charge is 0.390 e. The molecule has 0 aliphatic rings. The summed E-state index contributed by atoms with van der Waals surface area (Å²) in [6.07, 6.45) is 2.10. The molecule has 0 radical (unpaired) electrons. The Morgan fingerprint density at radius 3 is 2.50 bits per heavy atom. The molecule has 7 nitrogen and oxygen atoms in total. The number of nitrogens with one attached hydrogen (secondary N) is 1. The lowest BCUT2D eigenvalue weighted by molar-refractivity contribution is 0.275. The molecular formula is C18H15ClN6O. The van der Waals surface area contributed by atoms with Crippen LogP contribution in [0.25, 0.3) is 22.5 Å². The molecule has 8 heteroatoms. The number of halogens is 1. The normalized spacial score (nSPS) is 11.0. The van der Waals surface area contributed by atoms with E-state index in [1.165, 1.54) is 10.4 Å². The van der Waals surface area contributed by atoms with Crippen molar-refractivity contribution in [1.82, 2.24) is 29.7 Å². The van der Waals surface area contributed by atoms with Gasteiger partial charge in [0.2, 0.25) is 5.82 Å². The Bertz CT molecular complexity index is 1010. The Kier molecular flexibility index (Phi) is 4.47. The number of aliphatic hydroxyl groups is 1. The Morgan fingerprint density at radius 1 is 1.04 bits per heavy atom. The number of aliphatic hydroxyl groups excluding tert-OH is 1. The minimum Gasteiger partial charge on any atom is -0.390 e. The maximum Gasteiger partial charge on any atom is 0.205 e. The number of hydrogen-bond acceptors (Lipinski definition) is 5. The molecule has 0 aliphatic carbocycles. The quantitative estimate of drug-likeness (QED) is 0.566. The van der Waals surface area contributed by atoms with Crippen molar-refractivity contribution in [2.45, 2.75) is 13.0 Å². The van der Waals surface area contributed by atoms with E-state index in [1.807, 2.05) is 48.5 Å². The first-order valence-electron chi connectivity index (χ1n) is 8.00. The maximum absolute atomic E-state index is 9.42. The summed E-state index contributed by atoms with van der Waals surface area (Å²) in [5.74, 6) is 0.560. The molecule has 0 atom stereocenters. The van der Waals surface area contributed by atoms with Crippen LogP contribution in [-0.2, 0) is 13.0 Å². The Labute approximate surface area is 154 Å². The topological polar surface area (TPSA) is 92.5 Å². The van der Waals surface area contributed by atoms with Crippen LogP contribution in [0.15, 0.2) is 54.9 Å². The fraction of sp³-hybridized carbons (Fsp3) is 0.111. The van der Waals surface area contributed by atoms with E-state index in [0.717, 1.165) is 27.9 Å². The van der Waals surface area contributed by atoms with Gasteiger partial charge in [-0.2, -0.15) is 5.21 Å². The molecule has 0 aliphatic heterocycles. The summed E-state index contributed by atoms with van der Waals surface area (Å²) < 4.78 is 1.32. The maximum atomic E-state index is 9.42. The number of benzene rings is 2. The molecular weight excluding hydrogens is 352 g/mol. The van der Waals surface area contributed by atoms with Gasteiger partial charge in [-0.3, -0.25) is 0 Å². The van der Waals surface area contributed by atoms with Gasteiger partial charge in [0.05, 0.1) is 18.0 Å². The molecule has 0 saturated heterocycles. The number of aromatic nitrogens is 6. The van der Waals surface area contributed by atoms with Crippen LogP contribution >= 0.6 is 11.8 Å². The van der Waals surface area contributed by atoms with Crippen LogP contribution in [-0.4, -0.2) is 34.8 Å². The second-order valence-electron chi connectivity index (χ2n) is 5.76. The first kappa shape index (κ1) is 16.4. The highest BCUT2D eigenvalue weighted by atomic mass is 35.5. The predicted molar refractivity (Wildman–Crippen MR) is 97.3 cm³/mol. The number of aromatic amines is 1. The number of H-pyrrole nitrogens is 1. The third kappa shape index (κ3) is 3.10. The van der Waals surface area contributed by atoms with E-state index < -0.39 is 0 Å². The van der Waals surface area contributed by atoms with Crippen LogP contribution in [0.2, 0.25) is 0 Å². The molecule has 0 bridgehead atoms. The van der Waals surface area contributed by atoms with Crippen molar-refractivity contribution in [3.8, 4) is 22.5 Å². The molecule has 0 fully saturated rings. The molecule has 130 valence electrons. The first-order valence-corrected chi connectivity index (χ1v) is 8.34. The second-order valence-corrected chi connectivity index (χ2v) is 6.13. The van der Waals surface area contributed by atoms with Gasteiger partial charge in [-0.1, -0.05) is 48.5 Å². The second kappa shape index (κ2) is 7.07. The van der Waals surface area contributed by atoms with E-state index in [4.69, 9.17) is 11.8 Å². The van der Waals surface area contributed by atoms with Crippen molar-refractivity contribution in [1.29, 1.82) is 0 Å². The molecule has 2 aromatic heterocycles. The fourth-order valence-electron chi connectivity index (χ4n) is 2.90. The van der Waals surface area contributed by atoms with E-state index in [0.29, 0.717) is 17.9 Å². The molecule has 0 unspecified atom stereocenters. The van der Waals surface area contributed by atoms with Crippen LogP contribution in [0.1, 0.15) is 17.0 Å². The summed E-state index contributed by atoms with van der Waals surface area (Å²) in [7, 11) is 0. The van der Waals surface area contributed by atoms with Gasteiger partial charge in [-0.05, 0) is 21.9 Å². The average Bonchev–Trinajstić information content (AvgIpc) is 3.32. The molecule has 0 spiro atoms. The Balaban J connectivity index is 1.63. The van der Waals surface area contributed by atoms with E-state index in [9.17, 15) is 5.11 Å². The van der Waals surface area contributed by atoms with Gasteiger partial charge in [-0.15, -0.1) is 10.2 Å². The standard InChI is InChI=1S/C18H15ClN6O/c19-25-11-20-16(17(25)10-26)9-12-5-7-13(8-6-12)14-3-1-2-4-15(14)18-21-23-24-22-18/h1-8,11,26H,9-10H2,(H,21,22,23,24). The van der Waals surface area contributed by atoms with Gasteiger partial charge in [-0.25, -0.2) is 9.07 Å². The summed E-state index contributed by atoms with van der Waals surface area (Å²) in [6.45, 7) is -0.144.